The van der Waals surface area contributed by atoms with Crippen molar-refractivity contribution in [3.8, 4) is 0 Å². The number of hydrogen-bond acceptors (Lipinski definition) is 6. The molecule has 0 aliphatic heterocycles. The number of rotatable bonds is 7. The van der Waals surface area contributed by atoms with Gasteiger partial charge in [-0.15, -0.1) is 0 Å². The molecule has 142 valence electrons. The highest BCUT2D eigenvalue weighted by Gasteiger charge is 2.34. The van der Waals surface area contributed by atoms with Crippen molar-refractivity contribution in [1.29, 1.82) is 0 Å². The van der Waals surface area contributed by atoms with Crippen LogP contribution in [0.3, 0.4) is 0 Å². The van der Waals surface area contributed by atoms with Crippen molar-refractivity contribution in [2.24, 2.45) is 5.92 Å². The lowest BCUT2D eigenvalue weighted by molar-refractivity contribution is -0.385. The second-order valence-electron chi connectivity index (χ2n) is 5.42. The molecular weight excluding hydrogens is 340 g/mol. The number of benzene rings is 1. The molecule has 0 saturated heterocycles. The summed E-state index contributed by atoms with van der Waals surface area (Å²) in [5, 5.41) is 23.9. The molecule has 0 heterocycles. The Morgan fingerprint density at radius 3 is 2.40 bits per heavy atom. The molecule has 2 unspecified atom stereocenters. The molecule has 4 N–H and O–H groups in total. The molecule has 0 amide bonds. The van der Waals surface area contributed by atoms with Gasteiger partial charge in [-0.3, -0.25) is 10.1 Å². The van der Waals surface area contributed by atoms with E-state index >= 15 is 0 Å². The van der Waals surface area contributed by atoms with Crippen molar-refractivity contribution in [2.75, 3.05) is 14.1 Å². The van der Waals surface area contributed by atoms with Gasteiger partial charge in [0.15, 0.2) is 0 Å². The van der Waals surface area contributed by atoms with Gasteiger partial charge in [-0.25, -0.2) is 5.43 Å². The van der Waals surface area contributed by atoms with E-state index in [2.05, 4.69) is 28.4 Å². The van der Waals surface area contributed by atoms with Crippen LogP contribution in [0.15, 0.2) is 24.3 Å². The number of hydrogen-bond donors (Lipinski definition) is 4. The largest absolute Gasteiger partial charge is 0.376 e. The third-order valence-electron chi connectivity index (χ3n) is 3.75. The van der Waals surface area contributed by atoms with Crippen molar-refractivity contribution in [1.82, 2.24) is 16.2 Å². The van der Waals surface area contributed by atoms with Crippen LogP contribution < -0.4 is 16.2 Å². The highest BCUT2D eigenvalue weighted by Crippen LogP contribution is 2.41. The fourth-order valence-corrected chi connectivity index (χ4v) is 2.63. The Labute approximate surface area is 155 Å². The van der Waals surface area contributed by atoms with Gasteiger partial charge < -0.3 is 15.8 Å². The number of nitrogens with zero attached hydrogens (tertiary/aromatic N) is 1. The lowest BCUT2D eigenvalue weighted by Crippen LogP contribution is -2.46. The molecule has 0 spiro atoms. The van der Waals surface area contributed by atoms with Crippen LogP contribution in [0.2, 0.25) is 0 Å². The number of aliphatic hydroxyl groups excluding tert-OH is 1. The zero-order valence-electron chi connectivity index (χ0n) is 15.4. The third kappa shape index (κ3) is 7.87. The summed E-state index contributed by atoms with van der Waals surface area (Å²) < 4.78 is 0. The zero-order chi connectivity index (χ0) is 19.2. The average molecular weight is 371 g/mol. The van der Waals surface area contributed by atoms with Crippen LogP contribution >= 0.6 is 12.2 Å². The Balaban J connectivity index is 0.00000104. The van der Waals surface area contributed by atoms with Crippen molar-refractivity contribution >= 4 is 23.4 Å². The summed E-state index contributed by atoms with van der Waals surface area (Å²) in [6, 6.07) is 6.46. The van der Waals surface area contributed by atoms with Crippen LogP contribution in [0.1, 0.15) is 44.6 Å². The Morgan fingerprint density at radius 2 is 1.96 bits per heavy atom. The summed E-state index contributed by atoms with van der Waals surface area (Å²) in [5.74, 6) is 0.137. The summed E-state index contributed by atoms with van der Waals surface area (Å²) >= 11 is 4.64. The van der Waals surface area contributed by atoms with Crippen molar-refractivity contribution < 1.29 is 10.0 Å². The van der Waals surface area contributed by atoms with Gasteiger partial charge in [0.25, 0.3) is 5.69 Å². The molecule has 1 aliphatic rings. The van der Waals surface area contributed by atoms with E-state index in [9.17, 15) is 15.2 Å². The van der Waals surface area contributed by atoms with Gasteiger partial charge in [0.1, 0.15) is 6.23 Å². The fraction of sp³-hybridized carbons (Fsp3) is 0.588. The number of nitro benzene ring substituents is 1. The number of aliphatic hydroxyl groups is 1. The molecule has 1 aromatic rings. The van der Waals surface area contributed by atoms with Gasteiger partial charge in [0.2, 0.25) is 0 Å². The van der Waals surface area contributed by atoms with Crippen LogP contribution in [0, 0.1) is 16.0 Å². The molecule has 7 nitrogen and oxygen atoms in total. The van der Waals surface area contributed by atoms with Gasteiger partial charge in [-0.2, -0.15) is 0 Å². The van der Waals surface area contributed by atoms with Gasteiger partial charge in [0.05, 0.1) is 10.4 Å². The fourth-order valence-electron chi connectivity index (χ4n) is 2.57. The van der Waals surface area contributed by atoms with E-state index in [1.807, 2.05) is 34.0 Å². The maximum atomic E-state index is 10.9. The quantitative estimate of drug-likeness (QED) is 0.253. The van der Waals surface area contributed by atoms with Crippen LogP contribution in [-0.2, 0) is 0 Å². The van der Waals surface area contributed by atoms with Crippen LogP contribution in [0.5, 0.6) is 0 Å². The first-order chi connectivity index (χ1) is 12.0. The first-order valence-corrected chi connectivity index (χ1v) is 8.97. The number of hydrazine groups is 1. The van der Waals surface area contributed by atoms with Crippen molar-refractivity contribution in [2.45, 2.75) is 45.3 Å². The topological polar surface area (TPSA) is 99.5 Å². The van der Waals surface area contributed by atoms with E-state index in [1.54, 1.807) is 6.07 Å². The summed E-state index contributed by atoms with van der Waals surface area (Å²) in [7, 11) is 3.75. The molecule has 0 aromatic heterocycles. The molecular formula is C17H30N4O3S. The highest BCUT2D eigenvalue weighted by atomic mass is 32.1. The van der Waals surface area contributed by atoms with E-state index < -0.39 is 11.2 Å². The Bertz CT molecular complexity index is 512. The second-order valence-corrected chi connectivity index (χ2v) is 5.66. The van der Waals surface area contributed by atoms with Crippen LogP contribution in [0.25, 0.3) is 0 Å². The van der Waals surface area contributed by atoms with Gasteiger partial charge in [-0.05, 0) is 38.4 Å². The van der Waals surface area contributed by atoms with Gasteiger partial charge >= 0.3 is 0 Å². The first-order valence-electron chi connectivity index (χ1n) is 8.50. The standard InChI is InChI=1S/C13H17N3O3S.C2H7N.C2H6/c17-13(15-14-8-20)12(9-3-1-4-9)10-5-2-6-11(7-10)16(18)19;1-3-2;1-2/h2,5-9,12-13,15,17H,1,3-4H2,(H,14,20);3H,1-2H3;1-2H3. The minimum absolute atomic E-state index is 0.0433. The Morgan fingerprint density at radius 1 is 1.36 bits per heavy atom. The summed E-state index contributed by atoms with van der Waals surface area (Å²) in [4.78, 5) is 10.4. The lowest BCUT2D eigenvalue weighted by Gasteiger charge is -2.37. The van der Waals surface area contributed by atoms with E-state index in [0.717, 1.165) is 24.8 Å². The summed E-state index contributed by atoms with van der Waals surface area (Å²) in [6.45, 7) is 4.00. The highest BCUT2D eigenvalue weighted by molar-refractivity contribution is 7.78. The lowest BCUT2D eigenvalue weighted by atomic mass is 9.72. The van der Waals surface area contributed by atoms with E-state index in [4.69, 9.17) is 0 Å². The Kier molecular flexibility index (Phi) is 12.8. The minimum Gasteiger partial charge on any atom is -0.376 e. The molecule has 1 fully saturated rings. The molecule has 1 aromatic carbocycles. The molecule has 2 atom stereocenters. The normalized spacial score (nSPS) is 15.2. The zero-order valence-corrected chi connectivity index (χ0v) is 16.2. The maximum Gasteiger partial charge on any atom is 0.269 e. The summed E-state index contributed by atoms with van der Waals surface area (Å²) in [5.41, 5.74) is 7.39. The van der Waals surface area contributed by atoms with Crippen molar-refractivity contribution in [3.63, 3.8) is 0 Å². The number of thiocarbonyl (C=S) groups is 1. The molecule has 0 bridgehead atoms. The maximum absolute atomic E-state index is 10.9. The second kappa shape index (κ2) is 13.7. The third-order valence-corrected chi connectivity index (χ3v) is 3.87. The molecule has 2 rings (SSSR count). The molecule has 0 radical (unpaired) electrons. The predicted molar refractivity (Wildman–Crippen MR) is 105 cm³/mol. The van der Waals surface area contributed by atoms with Gasteiger partial charge in [0, 0.05) is 18.1 Å². The molecule has 1 aliphatic carbocycles. The number of non-ortho nitro benzene ring substituents is 1. The molecule has 8 heteroatoms. The van der Waals surface area contributed by atoms with E-state index in [1.165, 1.54) is 17.6 Å². The smallest absolute Gasteiger partial charge is 0.269 e. The SMILES string of the molecule is CC.CNC.O=[N+]([O-])c1cccc(C(C2CCC2)C(O)NNC=S)c1. The van der Waals surface area contributed by atoms with Crippen molar-refractivity contribution in [3.05, 3.63) is 39.9 Å². The monoisotopic (exact) mass is 370 g/mol. The molecule has 1 saturated carbocycles. The minimum atomic E-state index is -0.846. The van der Waals surface area contributed by atoms with Crippen LogP contribution in [-0.4, -0.2) is 35.8 Å². The van der Waals surface area contributed by atoms with Crippen LogP contribution in [0.4, 0.5) is 5.69 Å². The molecule has 25 heavy (non-hydrogen) atoms. The number of nitrogens with one attached hydrogen (secondary N) is 3. The van der Waals surface area contributed by atoms with Gasteiger partial charge in [-0.1, -0.05) is 44.6 Å². The Hall–Kier alpha value is -1.61. The van der Waals surface area contributed by atoms with E-state index in [0.29, 0.717) is 5.92 Å². The predicted octanol–water partition coefficient (Wildman–Crippen LogP) is 2.71. The number of nitro groups is 1. The average Bonchev–Trinajstić information content (AvgIpc) is 2.58. The first kappa shape index (κ1) is 23.4. The van der Waals surface area contributed by atoms with E-state index in [-0.39, 0.29) is 11.6 Å². The summed E-state index contributed by atoms with van der Waals surface area (Å²) in [6.07, 6.45) is 2.32.